The van der Waals surface area contributed by atoms with Crippen LogP contribution in [0.15, 0.2) is 6.20 Å². The first-order chi connectivity index (χ1) is 7.93. The third kappa shape index (κ3) is 2.07. The monoisotopic (exact) mass is 254 g/mol. The highest BCUT2D eigenvalue weighted by atomic mass is 35.5. The molecule has 0 atom stereocenters. The average Bonchev–Trinajstić information content (AvgIpc) is 2.26. The Balaban J connectivity index is 2.44. The van der Waals surface area contributed by atoms with Gasteiger partial charge in [-0.05, 0) is 32.4 Å². The van der Waals surface area contributed by atoms with Crippen LogP contribution in [0.25, 0.3) is 0 Å². The van der Waals surface area contributed by atoms with Crippen molar-refractivity contribution >= 4 is 23.3 Å². The number of anilines is 1. The maximum absolute atomic E-state index is 11.9. The highest BCUT2D eigenvalue weighted by molar-refractivity contribution is 6.28. The molecule has 1 aromatic heterocycles. The molecule has 1 aliphatic heterocycles. The number of carbonyl (C=O) groups excluding carboxylic acids is 1. The Hall–Kier alpha value is -1.36. The maximum atomic E-state index is 11.9. The zero-order valence-electron chi connectivity index (χ0n) is 10.1. The molecule has 1 aromatic rings. The Morgan fingerprint density at radius 3 is 2.94 bits per heavy atom. The number of rotatable bonds is 1. The van der Waals surface area contributed by atoms with E-state index in [9.17, 15) is 4.79 Å². The van der Waals surface area contributed by atoms with Gasteiger partial charge < -0.3 is 10.2 Å². The summed E-state index contributed by atoms with van der Waals surface area (Å²) in [5, 5.41) is 3.05. The Labute approximate surface area is 105 Å². The molecule has 2 heterocycles. The summed E-state index contributed by atoms with van der Waals surface area (Å²) in [6.45, 7) is 6.98. The average molecular weight is 255 g/mol. The van der Waals surface area contributed by atoms with E-state index in [2.05, 4.69) is 15.3 Å². The van der Waals surface area contributed by atoms with Crippen molar-refractivity contribution in [3.63, 3.8) is 0 Å². The molecule has 0 radical (unpaired) electrons. The lowest BCUT2D eigenvalue weighted by atomic mass is 9.98. The molecule has 6 heteroatoms. The summed E-state index contributed by atoms with van der Waals surface area (Å²) in [7, 11) is 0. The van der Waals surface area contributed by atoms with Gasteiger partial charge in [0.1, 0.15) is 11.4 Å². The predicted octanol–water partition coefficient (Wildman–Crippen LogP) is 1.15. The molecule has 5 nitrogen and oxygen atoms in total. The second-order valence-corrected chi connectivity index (χ2v) is 4.95. The van der Waals surface area contributed by atoms with Gasteiger partial charge in [-0.2, -0.15) is 0 Å². The fourth-order valence-corrected chi connectivity index (χ4v) is 2.08. The Morgan fingerprint density at radius 2 is 2.24 bits per heavy atom. The van der Waals surface area contributed by atoms with Crippen LogP contribution in [0, 0.1) is 6.92 Å². The number of nitrogens with zero attached hydrogens (tertiary/aromatic N) is 3. The zero-order chi connectivity index (χ0) is 12.6. The molecule has 1 saturated heterocycles. The van der Waals surface area contributed by atoms with Gasteiger partial charge in [-0.15, -0.1) is 0 Å². The Bertz CT molecular complexity index is 461. The highest BCUT2D eigenvalue weighted by Crippen LogP contribution is 2.27. The molecule has 2 rings (SSSR count). The fourth-order valence-electron chi connectivity index (χ4n) is 1.96. The third-order valence-corrected chi connectivity index (χ3v) is 3.20. The lowest BCUT2D eigenvalue weighted by Crippen LogP contribution is -2.62. The second-order valence-electron chi connectivity index (χ2n) is 4.61. The number of aromatic nitrogens is 2. The van der Waals surface area contributed by atoms with E-state index in [-0.39, 0.29) is 11.2 Å². The smallest absolute Gasteiger partial charge is 0.245 e. The first kappa shape index (κ1) is 12.1. The van der Waals surface area contributed by atoms with Gasteiger partial charge in [0.05, 0.1) is 0 Å². The molecule has 1 N–H and O–H groups in total. The molecule has 17 heavy (non-hydrogen) atoms. The minimum Gasteiger partial charge on any atom is -0.352 e. The summed E-state index contributed by atoms with van der Waals surface area (Å²) in [4.78, 5) is 22.0. The van der Waals surface area contributed by atoms with E-state index in [1.807, 2.05) is 25.7 Å². The molecule has 1 aliphatic rings. The fraction of sp³-hybridized carbons (Fsp3) is 0.545. The van der Waals surface area contributed by atoms with E-state index in [1.54, 1.807) is 6.20 Å². The van der Waals surface area contributed by atoms with Crippen molar-refractivity contribution in [1.82, 2.24) is 15.3 Å². The van der Waals surface area contributed by atoms with E-state index in [0.29, 0.717) is 13.1 Å². The van der Waals surface area contributed by atoms with Crippen LogP contribution in [-0.2, 0) is 4.79 Å². The number of aryl methyl sites for hydroxylation is 1. The largest absolute Gasteiger partial charge is 0.352 e. The zero-order valence-corrected chi connectivity index (χ0v) is 10.9. The van der Waals surface area contributed by atoms with Gasteiger partial charge in [0.25, 0.3) is 0 Å². The molecule has 0 aromatic carbocycles. The first-order valence-electron chi connectivity index (χ1n) is 5.48. The summed E-state index contributed by atoms with van der Waals surface area (Å²) in [5.74, 6) is 0.725. The van der Waals surface area contributed by atoms with Crippen molar-refractivity contribution in [2.45, 2.75) is 26.3 Å². The van der Waals surface area contributed by atoms with Crippen LogP contribution in [0.3, 0.4) is 0 Å². The van der Waals surface area contributed by atoms with Crippen molar-refractivity contribution < 1.29 is 4.79 Å². The van der Waals surface area contributed by atoms with E-state index in [0.717, 1.165) is 11.4 Å². The van der Waals surface area contributed by atoms with Gasteiger partial charge in [-0.3, -0.25) is 4.79 Å². The number of hydrogen-bond acceptors (Lipinski definition) is 4. The van der Waals surface area contributed by atoms with Crippen molar-refractivity contribution in [3.8, 4) is 0 Å². The number of carbonyl (C=O) groups is 1. The summed E-state index contributed by atoms with van der Waals surface area (Å²) in [6, 6.07) is 0. The number of amides is 1. The molecule has 0 bridgehead atoms. The van der Waals surface area contributed by atoms with E-state index >= 15 is 0 Å². The quantitative estimate of drug-likeness (QED) is 0.764. The van der Waals surface area contributed by atoms with Crippen molar-refractivity contribution in [3.05, 3.63) is 17.0 Å². The minimum atomic E-state index is -0.624. The van der Waals surface area contributed by atoms with Crippen molar-refractivity contribution in [2.24, 2.45) is 0 Å². The van der Waals surface area contributed by atoms with Crippen LogP contribution >= 0.6 is 11.6 Å². The number of halogens is 1. The second kappa shape index (κ2) is 4.14. The molecular weight excluding hydrogens is 240 g/mol. The summed E-state index contributed by atoms with van der Waals surface area (Å²) < 4.78 is 0. The Kier molecular flexibility index (Phi) is 2.95. The van der Waals surface area contributed by atoms with Crippen LogP contribution in [0.2, 0.25) is 5.28 Å². The van der Waals surface area contributed by atoms with Crippen LogP contribution in [0.5, 0.6) is 0 Å². The van der Waals surface area contributed by atoms with E-state index in [1.165, 1.54) is 0 Å². The van der Waals surface area contributed by atoms with Gasteiger partial charge in [0, 0.05) is 24.8 Å². The molecule has 0 saturated carbocycles. The van der Waals surface area contributed by atoms with Crippen LogP contribution < -0.4 is 10.2 Å². The maximum Gasteiger partial charge on any atom is 0.245 e. The number of nitrogens with one attached hydrogen (secondary N) is 1. The SMILES string of the molecule is Cc1cnc(Cl)nc1N1CCNC(=O)C1(C)C. The third-order valence-electron chi connectivity index (χ3n) is 3.02. The topological polar surface area (TPSA) is 58.1 Å². The predicted molar refractivity (Wildman–Crippen MR) is 66.2 cm³/mol. The lowest BCUT2D eigenvalue weighted by molar-refractivity contribution is -0.126. The summed E-state index contributed by atoms with van der Waals surface area (Å²) in [6.07, 6.45) is 1.67. The number of piperazine rings is 1. The lowest BCUT2D eigenvalue weighted by Gasteiger charge is -2.42. The molecule has 0 unspecified atom stereocenters. The Morgan fingerprint density at radius 1 is 1.53 bits per heavy atom. The highest BCUT2D eigenvalue weighted by Gasteiger charge is 2.39. The number of hydrogen-bond donors (Lipinski definition) is 1. The molecule has 1 fully saturated rings. The van der Waals surface area contributed by atoms with Gasteiger partial charge in [0.2, 0.25) is 11.2 Å². The molecule has 0 aliphatic carbocycles. The normalized spacial score (nSPS) is 19.1. The molecule has 1 amide bonds. The van der Waals surface area contributed by atoms with Crippen LogP contribution in [-0.4, -0.2) is 34.5 Å². The van der Waals surface area contributed by atoms with Gasteiger partial charge in [-0.1, -0.05) is 0 Å². The summed E-state index contributed by atoms with van der Waals surface area (Å²) >= 11 is 5.82. The van der Waals surface area contributed by atoms with Crippen molar-refractivity contribution in [2.75, 3.05) is 18.0 Å². The van der Waals surface area contributed by atoms with E-state index in [4.69, 9.17) is 11.6 Å². The standard InChI is InChI=1S/C11H15ClN4O/c1-7-6-14-10(12)15-8(7)16-5-4-13-9(17)11(16,2)3/h6H,4-5H2,1-3H3,(H,13,17). The molecular formula is C11H15ClN4O. The van der Waals surface area contributed by atoms with Crippen LogP contribution in [0.4, 0.5) is 5.82 Å². The first-order valence-corrected chi connectivity index (χ1v) is 5.86. The van der Waals surface area contributed by atoms with E-state index < -0.39 is 5.54 Å². The van der Waals surface area contributed by atoms with Crippen molar-refractivity contribution in [1.29, 1.82) is 0 Å². The molecule has 0 spiro atoms. The van der Waals surface area contributed by atoms with Gasteiger partial charge in [0.15, 0.2) is 0 Å². The van der Waals surface area contributed by atoms with Gasteiger partial charge >= 0.3 is 0 Å². The summed E-state index contributed by atoms with van der Waals surface area (Å²) in [5.41, 5.74) is 0.290. The van der Waals surface area contributed by atoms with Gasteiger partial charge in [-0.25, -0.2) is 9.97 Å². The van der Waals surface area contributed by atoms with Crippen LogP contribution in [0.1, 0.15) is 19.4 Å². The molecule has 92 valence electrons. The minimum absolute atomic E-state index is 0.00196.